The largest absolute Gasteiger partial charge is 0.467 e. The standard InChI is InChI=1S/C14H23N3O5/c1-8(2)6-9(11(19)22-5)15-10(18)7-17-12(20)14(3,4)16-13(17)21/h8-9H,6-7H2,1-5H3,(H,15,18)(H,16,21)/t9-/m0/s1. The van der Waals surface area contributed by atoms with Gasteiger partial charge in [0.05, 0.1) is 7.11 Å². The smallest absolute Gasteiger partial charge is 0.328 e. The van der Waals surface area contributed by atoms with Crippen molar-refractivity contribution < 1.29 is 23.9 Å². The van der Waals surface area contributed by atoms with Crippen LogP contribution in [-0.2, 0) is 19.1 Å². The molecule has 0 saturated carbocycles. The molecule has 0 aromatic carbocycles. The minimum Gasteiger partial charge on any atom is -0.467 e. The van der Waals surface area contributed by atoms with Crippen molar-refractivity contribution in [2.45, 2.75) is 45.7 Å². The van der Waals surface area contributed by atoms with Crippen molar-refractivity contribution in [3.05, 3.63) is 0 Å². The molecule has 0 bridgehead atoms. The van der Waals surface area contributed by atoms with E-state index in [1.165, 1.54) is 7.11 Å². The van der Waals surface area contributed by atoms with E-state index < -0.39 is 41.9 Å². The van der Waals surface area contributed by atoms with Crippen LogP contribution in [0.2, 0.25) is 0 Å². The number of hydrogen-bond acceptors (Lipinski definition) is 5. The number of hydrogen-bond donors (Lipinski definition) is 2. The number of nitrogens with one attached hydrogen (secondary N) is 2. The number of urea groups is 1. The molecule has 1 rings (SSSR count). The first-order chi connectivity index (χ1) is 10.1. The number of carbonyl (C=O) groups excluding carboxylic acids is 4. The van der Waals surface area contributed by atoms with Gasteiger partial charge in [0.25, 0.3) is 5.91 Å². The zero-order valence-corrected chi connectivity index (χ0v) is 13.6. The monoisotopic (exact) mass is 313 g/mol. The number of rotatable bonds is 6. The Bertz CT molecular complexity index is 487. The lowest BCUT2D eigenvalue weighted by Gasteiger charge is -2.20. The topological polar surface area (TPSA) is 105 Å². The Labute approximate surface area is 129 Å². The lowest BCUT2D eigenvalue weighted by Crippen LogP contribution is -2.48. The SMILES string of the molecule is COC(=O)[C@H](CC(C)C)NC(=O)CN1C(=O)NC(C)(C)C1=O. The Morgan fingerprint density at radius 3 is 2.32 bits per heavy atom. The summed E-state index contributed by atoms with van der Waals surface area (Å²) in [4.78, 5) is 48.2. The minimum atomic E-state index is -1.03. The van der Waals surface area contributed by atoms with Gasteiger partial charge in [-0.05, 0) is 26.2 Å². The van der Waals surface area contributed by atoms with Gasteiger partial charge in [-0.3, -0.25) is 14.5 Å². The van der Waals surface area contributed by atoms with Gasteiger partial charge >= 0.3 is 12.0 Å². The van der Waals surface area contributed by atoms with Crippen molar-refractivity contribution in [1.82, 2.24) is 15.5 Å². The van der Waals surface area contributed by atoms with Crippen molar-refractivity contribution in [2.75, 3.05) is 13.7 Å². The molecule has 4 amide bonds. The van der Waals surface area contributed by atoms with Crippen molar-refractivity contribution in [1.29, 1.82) is 0 Å². The van der Waals surface area contributed by atoms with Crippen LogP contribution in [0.4, 0.5) is 4.79 Å². The number of carbonyl (C=O) groups is 4. The van der Waals surface area contributed by atoms with E-state index in [0.717, 1.165) is 4.90 Å². The molecule has 8 heteroatoms. The molecule has 0 aromatic rings. The highest BCUT2D eigenvalue weighted by molar-refractivity contribution is 6.08. The number of imide groups is 1. The summed E-state index contributed by atoms with van der Waals surface area (Å²) in [6.07, 6.45) is 0.407. The van der Waals surface area contributed by atoms with E-state index >= 15 is 0 Å². The molecule has 124 valence electrons. The Balaban J connectivity index is 2.70. The maximum absolute atomic E-state index is 12.0. The van der Waals surface area contributed by atoms with Crippen LogP contribution in [-0.4, -0.2) is 54.0 Å². The van der Waals surface area contributed by atoms with Gasteiger partial charge in [-0.25, -0.2) is 9.59 Å². The van der Waals surface area contributed by atoms with E-state index in [2.05, 4.69) is 15.4 Å². The fourth-order valence-electron chi connectivity index (χ4n) is 2.17. The van der Waals surface area contributed by atoms with Crippen LogP contribution in [0, 0.1) is 5.92 Å². The van der Waals surface area contributed by atoms with Gasteiger partial charge in [0.2, 0.25) is 5.91 Å². The Hall–Kier alpha value is -2.12. The van der Waals surface area contributed by atoms with Gasteiger partial charge in [-0.1, -0.05) is 13.8 Å². The summed E-state index contributed by atoms with van der Waals surface area (Å²) in [5.41, 5.74) is -1.03. The fourth-order valence-corrected chi connectivity index (χ4v) is 2.17. The number of nitrogens with zero attached hydrogens (tertiary/aromatic N) is 1. The maximum Gasteiger partial charge on any atom is 0.328 e. The molecular weight excluding hydrogens is 290 g/mol. The van der Waals surface area contributed by atoms with Gasteiger partial charge in [0.1, 0.15) is 18.1 Å². The molecule has 1 saturated heterocycles. The summed E-state index contributed by atoms with van der Waals surface area (Å²) in [5, 5.41) is 4.99. The van der Waals surface area contributed by atoms with Gasteiger partial charge in [-0.2, -0.15) is 0 Å². The van der Waals surface area contributed by atoms with Gasteiger partial charge < -0.3 is 15.4 Å². The van der Waals surface area contributed by atoms with E-state index in [0.29, 0.717) is 6.42 Å². The highest BCUT2D eigenvalue weighted by Crippen LogP contribution is 2.16. The number of ether oxygens (including phenoxy) is 1. The summed E-state index contributed by atoms with van der Waals surface area (Å²) in [7, 11) is 1.24. The molecule has 0 unspecified atom stereocenters. The van der Waals surface area contributed by atoms with E-state index in [1.54, 1.807) is 13.8 Å². The van der Waals surface area contributed by atoms with Gasteiger partial charge in [0, 0.05) is 0 Å². The van der Waals surface area contributed by atoms with Crippen LogP contribution in [0.1, 0.15) is 34.1 Å². The van der Waals surface area contributed by atoms with Crippen molar-refractivity contribution in [3.63, 3.8) is 0 Å². The first kappa shape index (κ1) is 17.9. The van der Waals surface area contributed by atoms with Crippen molar-refractivity contribution >= 4 is 23.8 Å². The second-order valence-electron chi connectivity index (χ2n) is 6.22. The van der Waals surface area contributed by atoms with Crippen LogP contribution in [0.3, 0.4) is 0 Å². The first-order valence-corrected chi connectivity index (χ1v) is 7.09. The molecule has 1 heterocycles. The average Bonchev–Trinajstić information content (AvgIpc) is 2.58. The van der Waals surface area contributed by atoms with Crippen LogP contribution in [0.15, 0.2) is 0 Å². The molecular formula is C14H23N3O5. The highest BCUT2D eigenvalue weighted by Gasteiger charge is 2.45. The molecule has 1 aliphatic rings. The molecule has 0 aromatic heterocycles. The first-order valence-electron chi connectivity index (χ1n) is 7.09. The Morgan fingerprint density at radius 2 is 1.91 bits per heavy atom. The number of methoxy groups -OCH3 is 1. The minimum absolute atomic E-state index is 0.167. The van der Waals surface area contributed by atoms with Crippen molar-refractivity contribution in [2.24, 2.45) is 5.92 Å². The van der Waals surface area contributed by atoms with E-state index in [1.807, 2.05) is 13.8 Å². The zero-order chi connectivity index (χ0) is 17.1. The summed E-state index contributed by atoms with van der Waals surface area (Å²) in [6, 6.07) is -1.42. The zero-order valence-electron chi connectivity index (χ0n) is 13.6. The third-order valence-corrected chi connectivity index (χ3v) is 3.27. The quantitative estimate of drug-likeness (QED) is 0.531. The van der Waals surface area contributed by atoms with Crippen LogP contribution >= 0.6 is 0 Å². The summed E-state index contributed by atoms with van der Waals surface area (Å²) >= 11 is 0. The van der Waals surface area contributed by atoms with E-state index in [9.17, 15) is 19.2 Å². The van der Waals surface area contributed by atoms with Crippen LogP contribution < -0.4 is 10.6 Å². The summed E-state index contributed by atoms with van der Waals surface area (Å²) in [6.45, 7) is 6.49. The maximum atomic E-state index is 12.0. The van der Waals surface area contributed by atoms with E-state index in [4.69, 9.17) is 0 Å². The van der Waals surface area contributed by atoms with Gasteiger partial charge in [0.15, 0.2) is 0 Å². The molecule has 22 heavy (non-hydrogen) atoms. The molecule has 1 fully saturated rings. The van der Waals surface area contributed by atoms with E-state index in [-0.39, 0.29) is 5.92 Å². The molecule has 0 radical (unpaired) electrons. The Morgan fingerprint density at radius 1 is 1.32 bits per heavy atom. The lowest BCUT2D eigenvalue weighted by atomic mass is 10.0. The molecule has 0 aliphatic carbocycles. The second kappa shape index (κ2) is 6.76. The lowest BCUT2D eigenvalue weighted by molar-refractivity contribution is -0.145. The molecule has 1 aliphatic heterocycles. The predicted octanol–water partition coefficient (Wildman–Crippen LogP) is 0.0207. The molecule has 0 spiro atoms. The number of esters is 1. The third kappa shape index (κ3) is 4.19. The number of amides is 4. The normalized spacial score (nSPS) is 18.2. The summed E-state index contributed by atoms with van der Waals surface area (Å²) < 4.78 is 4.65. The second-order valence-corrected chi connectivity index (χ2v) is 6.22. The Kier molecular flexibility index (Phi) is 5.51. The highest BCUT2D eigenvalue weighted by atomic mass is 16.5. The predicted molar refractivity (Wildman–Crippen MR) is 77.7 cm³/mol. The molecule has 1 atom stereocenters. The molecule has 2 N–H and O–H groups in total. The average molecular weight is 313 g/mol. The molecule has 8 nitrogen and oxygen atoms in total. The summed E-state index contributed by atoms with van der Waals surface area (Å²) in [5.74, 6) is -1.46. The fraction of sp³-hybridized carbons (Fsp3) is 0.714. The third-order valence-electron chi connectivity index (χ3n) is 3.27. The van der Waals surface area contributed by atoms with Crippen molar-refractivity contribution in [3.8, 4) is 0 Å². The van der Waals surface area contributed by atoms with Gasteiger partial charge in [-0.15, -0.1) is 0 Å². The van der Waals surface area contributed by atoms with Crippen LogP contribution in [0.5, 0.6) is 0 Å². The van der Waals surface area contributed by atoms with Crippen LogP contribution in [0.25, 0.3) is 0 Å².